The van der Waals surface area contributed by atoms with Gasteiger partial charge in [0, 0.05) is 5.56 Å². The van der Waals surface area contributed by atoms with Gasteiger partial charge in [-0.1, -0.05) is 41.9 Å². The van der Waals surface area contributed by atoms with Crippen LogP contribution in [0.2, 0.25) is 0 Å². The molecule has 0 bridgehead atoms. The third-order valence-electron chi connectivity index (χ3n) is 3.69. The van der Waals surface area contributed by atoms with Crippen LogP contribution in [0.15, 0.2) is 58.7 Å². The molecule has 0 aliphatic heterocycles. The predicted molar refractivity (Wildman–Crippen MR) is 110 cm³/mol. The second-order valence-electron chi connectivity index (χ2n) is 5.42. The van der Waals surface area contributed by atoms with Crippen molar-refractivity contribution in [3.63, 3.8) is 0 Å². The van der Waals surface area contributed by atoms with Gasteiger partial charge in [0.2, 0.25) is 4.77 Å². The van der Waals surface area contributed by atoms with Crippen LogP contribution in [0.25, 0.3) is 17.5 Å². The zero-order valence-electron chi connectivity index (χ0n) is 14.7. The number of H-pyrrole nitrogens is 1. The standard InChI is InChI=1S/C19H17ClN4O2S/c1-25-16-9-8-14(11-17(16)26-2)18-22-23-19(27)24(18)21-12-15(20)10-13-6-4-3-5-7-13/h3-12H,1-2H3,(H,23,27)/b15-10-,21-12+. The molecule has 3 aromatic rings. The van der Waals surface area contributed by atoms with Crippen LogP contribution >= 0.6 is 23.8 Å². The van der Waals surface area contributed by atoms with Gasteiger partial charge in [0.05, 0.1) is 25.5 Å². The van der Waals surface area contributed by atoms with E-state index >= 15 is 0 Å². The summed E-state index contributed by atoms with van der Waals surface area (Å²) < 4.78 is 12.5. The molecule has 2 aromatic carbocycles. The Hall–Kier alpha value is -2.90. The third-order valence-corrected chi connectivity index (χ3v) is 4.16. The summed E-state index contributed by atoms with van der Waals surface area (Å²) in [5.41, 5.74) is 1.74. The summed E-state index contributed by atoms with van der Waals surface area (Å²) in [6, 6.07) is 15.2. The topological polar surface area (TPSA) is 64.4 Å². The molecule has 0 unspecified atom stereocenters. The highest BCUT2D eigenvalue weighted by molar-refractivity contribution is 7.71. The first-order valence-corrected chi connectivity index (χ1v) is 8.77. The van der Waals surface area contributed by atoms with Crippen LogP contribution in [0.5, 0.6) is 11.5 Å². The van der Waals surface area contributed by atoms with Gasteiger partial charge in [-0.3, -0.25) is 0 Å². The van der Waals surface area contributed by atoms with Crippen molar-refractivity contribution in [3.8, 4) is 22.9 Å². The number of hydrogen-bond donors (Lipinski definition) is 1. The molecule has 0 aliphatic carbocycles. The Bertz CT molecular complexity index is 1040. The number of hydrogen-bond acceptors (Lipinski definition) is 5. The highest BCUT2D eigenvalue weighted by atomic mass is 35.5. The molecule has 0 fully saturated rings. The maximum absolute atomic E-state index is 6.27. The smallest absolute Gasteiger partial charge is 0.216 e. The van der Waals surface area contributed by atoms with Crippen LogP contribution in [0, 0.1) is 4.77 Å². The number of ether oxygens (including phenoxy) is 2. The van der Waals surface area contributed by atoms with E-state index in [9.17, 15) is 0 Å². The van der Waals surface area contributed by atoms with E-state index in [0.717, 1.165) is 11.1 Å². The molecule has 0 spiro atoms. The summed E-state index contributed by atoms with van der Waals surface area (Å²) in [6.45, 7) is 0. The molecule has 8 heteroatoms. The van der Waals surface area contributed by atoms with Crippen molar-refractivity contribution in [1.82, 2.24) is 14.9 Å². The third kappa shape index (κ3) is 4.45. The molecule has 0 atom stereocenters. The Kier molecular flexibility index (Phi) is 6.05. The van der Waals surface area contributed by atoms with Crippen molar-refractivity contribution in [2.75, 3.05) is 14.2 Å². The van der Waals surface area contributed by atoms with E-state index in [1.807, 2.05) is 42.5 Å². The van der Waals surface area contributed by atoms with Gasteiger partial charge in [0.1, 0.15) is 0 Å². The summed E-state index contributed by atoms with van der Waals surface area (Å²) in [5, 5.41) is 11.8. The van der Waals surface area contributed by atoms with Crippen molar-refractivity contribution >= 4 is 36.1 Å². The summed E-state index contributed by atoms with van der Waals surface area (Å²) in [6.07, 6.45) is 3.33. The molecular weight excluding hydrogens is 384 g/mol. The molecule has 27 heavy (non-hydrogen) atoms. The van der Waals surface area contributed by atoms with E-state index in [-0.39, 0.29) is 0 Å². The van der Waals surface area contributed by atoms with Gasteiger partial charge in [0.15, 0.2) is 17.3 Å². The summed E-state index contributed by atoms with van der Waals surface area (Å²) in [4.78, 5) is 0. The molecule has 1 heterocycles. The van der Waals surface area contributed by atoms with Crippen molar-refractivity contribution in [2.45, 2.75) is 0 Å². The zero-order chi connectivity index (χ0) is 19.2. The fourth-order valence-electron chi connectivity index (χ4n) is 2.42. The largest absolute Gasteiger partial charge is 0.493 e. The van der Waals surface area contributed by atoms with E-state index in [4.69, 9.17) is 33.3 Å². The molecule has 0 saturated carbocycles. The Labute approximate surface area is 166 Å². The number of benzene rings is 2. The second kappa shape index (κ2) is 8.66. The quantitative estimate of drug-likeness (QED) is 0.479. The lowest BCUT2D eigenvalue weighted by Gasteiger charge is -2.09. The lowest BCUT2D eigenvalue weighted by molar-refractivity contribution is 0.355. The summed E-state index contributed by atoms with van der Waals surface area (Å²) in [5.74, 6) is 1.74. The monoisotopic (exact) mass is 400 g/mol. The van der Waals surface area contributed by atoms with E-state index in [1.165, 1.54) is 10.9 Å². The van der Waals surface area contributed by atoms with Crippen LogP contribution in [0.3, 0.4) is 0 Å². The van der Waals surface area contributed by atoms with Crippen LogP contribution in [0.1, 0.15) is 5.56 Å². The number of aromatic amines is 1. The maximum Gasteiger partial charge on any atom is 0.216 e. The van der Waals surface area contributed by atoms with Gasteiger partial charge < -0.3 is 9.47 Å². The predicted octanol–water partition coefficient (Wildman–Crippen LogP) is 4.74. The number of nitrogens with zero attached hydrogens (tertiary/aromatic N) is 3. The Morgan fingerprint density at radius 2 is 1.89 bits per heavy atom. The minimum absolute atomic E-state index is 0.347. The number of halogens is 1. The minimum atomic E-state index is 0.347. The lowest BCUT2D eigenvalue weighted by Crippen LogP contribution is -1.96. The number of aromatic nitrogens is 3. The molecule has 138 valence electrons. The van der Waals surface area contributed by atoms with Crippen molar-refractivity contribution < 1.29 is 9.47 Å². The van der Waals surface area contributed by atoms with Gasteiger partial charge in [0.25, 0.3) is 0 Å². The lowest BCUT2D eigenvalue weighted by atomic mass is 10.2. The molecule has 0 amide bonds. The summed E-state index contributed by atoms with van der Waals surface area (Å²) >= 11 is 11.5. The van der Waals surface area contributed by atoms with Crippen LogP contribution in [-0.2, 0) is 0 Å². The van der Waals surface area contributed by atoms with Gasteiger partial charge in [-0.15, -0.1) is 0 Å². The fourth-order valence-corrected chi connectivity index (χ4v) is 2.77. The maximum atomic E-state index is 6.27. The first-order chi connectivity index (χ1) is 13.1. The van der Waals surface area contributed by atoms with Gasteiger partial charge in [-0.25, -0.2) is 5.10 Å². The van der Waals surface area contributed by atoms with E-state index in [2.05, 4.69) is 15.3 Å². The molecule has 0 radical (unpaired) electrons. The Morgan fingerprint density at radius 1 is 1.15 bits per heavy atom. The molecule has 1 aromatic heterocycles. The Balaban J connectivity index is 1.94. The molecule has 0 saturated heterocycles. The van der Waals surface area contributed by atoms with Crippen molar-refractivity contribution in [2.24, 2.45) is 5.10 Å². The Morgan fingerprint density at radius 3 is 2.59 bits per heavy atom. The second-order valence-corrected chi connectivity index (χ2v) is 6.24. The molecule has 3 rings (SSSR count). The number of allylic oxidation sites excluding steroid dienone is 1. The van der Waals surface area contributed by atoms with E-state index in [1.54, 1.807) is 26.4 Å². The zero-order valence-corrected chi connectivity index (χ0v) is 16.3. The molecule has 6 nitrogen and oxygen atoms in total. The van der Waals surface area contributed by atoms with Gasteiger partial charge in [-0.2, -0.15) is 14.9 Å². The number of rotatable bonds is 6. The van der Waals surface area contributed by atoms with Gasteiger partial charge >= 0.3 is 0 Å². The normalized spacial score (nSPS) is 11.7. The summed E-state index contributed by atoms with van der Waals surface area (Å²) in [7, 11) is 3.16. The minimum Gasteiger partial charge on any atom is -0.493 e. The van der Waals surface area contributed by atoms with E-state index < -0.39 is 0 Å². The van der Waals surface area contributed by atoms with Gasteiger partial charge in [-0.05, 0) is 42.1 Å². The van der Waals surface area contributed by atoms with Crippen molar-refractivity contribution in [1.29, 1.82) is 0 Å². The van der Waals surface area contributed by atoms with Crippen LogP contribution in [-0.4, -0.2) is 35.3 Å². The molecule has 0 aliphatic rings. The van der Waals surface area contributed by atoms with Crippen LogP contribution < -0.4 is 9.47 Å². The molecular formula is C19H17ClN4O2S. The van der Waals surface area contributed by atoms with E-state index in [0.29, 0.717) is 27.1 Å². The SMILES string of the molecule is COc1ccc(-c2n[nH]c(=S)n2/N=C/C(Cl)=C/c2ccccc2)cc1OC. The average molecular weight is 401 g/mol. The highest BCUT2D eigenvalue weighted by Crippen LogP contribution is 2.31. The molecule has 1 N–H and O–H groups in total. The van der Waals surface area contributed by atoms with Crippen LogP contribution in [0.4, 0.5) is 0 Å². The highest BCUT2D eigenvalue weighted by Gasteiger charge is 2.12. The first kappa shape index (κ1) is 18.9. The fraction of sp³-hybridized carbons (Fsp3) is 0.105. The first-order valence-electron chi connectivity index (χ1n) is 7.99. The number of methoxy groups -OCH3 is 2. The average Bonchev–Trinajstić information content (AvgIpc) is 3.07. The van der Waals surface area contributed by atoms with Crippen molar-refractivity contribution in [3.05, 3.63) is 63.9 Å². The number of nitrogens with one attached hydrogen (secondary N) is 1.